The normalized spacial score (nSPS) is 11.5. The van der Waals surface area contributed by atoms with E-state index in [1.54, 1.807) is 11.3 Å². The molecule has 1 aromatic rings. The van der Waals surface area contributed by atoms with Crippen molar-refractivity contribution < 1.29 is 4.79 Å². The summed E-state index contributed by atoms with van der Waals surface area (Å²) in [4.78, 5) is 11.6. The van der Waals surface area contributed by atoms with Gasteiger partial charge in [0.2, 0.25) is 0 Å². The Bertz CT molecular complexity index is 255. The molecular weight excluding hydrogens is 156 g/mol. The van der Waals surface area contributed by atoms with E-state index in [1.807, 2.05) is 11.4 Å². The summed E-state index contributed by atoms with van der Waals surface area (Å²) in [6, 6.07) is 1.96. The van der Waals surface area contributed by atoms with Crippen molar-refractivity contribution in [3.05, 3.63) is 21.9 Å². The lowest BCUT2D eigenvalue weighted by Gasteiger charge is -2.14. The summed E-state index contributed by atoms with van der Waals surface area (Å²) in [5, 5.41) is 1.90. The molecule has 0 bridgehead atoms. The van der Waals surface area contributed by atoms with Crippen LogP contribution in [0.15, 0.2) is 11.4 Å². The van der Waals surface area contributed by atoms with E-state index in [0.717, 1.165) is 11.8 Å². The van der Waals surface area contributed by atoms with Crippen LogP contribution in [0, 0.1) is 0 Å². The van der Waals surface area contributed by atoms with E-state index >= 15 is 0 Å². The molecule has 0 aliphatic heterocycles. The van der Waals surface area contributed by atoms with Gasteiger partial charge in [-0.1, -0.05) is 20.8 Å². The average molecular weight is 168 g/mol. The Balaban J connectivity index is 2.98. The van der Waals surface area contributed by atoms with E-state index in [2.05, 4.69) is 20.8 Å². The molecule has 0 N–H and O–H groups in total. The van der Waals surface area contributed by atoms with E-state index < -0.39 is 0 Å². The minimum atomic E-state index is 0.173. The van der Waals surface area contributed by atoms with Crippen molar-refractivity contribution >= 4 is 17.6 Å². The summed E-state index contributed by atoms with van der Waals surface area (Å²) in [5.41, 5.74) is 0.964. The Kier molecular flexibility index (Phi) is 2.14. The Morgan fingerprint density at radius 3 is 2.36 bits per heavy atom. The van der Waals surface area contributed by atoms with Gasteiger partial charge in [0, 0.05) is 15.8 Å². The third kappa shape index (κ3) is 1.90. The molecule has 0 atom stereocenters. The van der Waals surface area contributed by atoms with Crippen molar-refractivity contribution in [3.8, 4) is 0 Å². The minimum Gasteiger partial charge on any atom is -0.298 e. The first-order chi connectivity index (χ1) is 5.04. The molecule has 1 rings (SSSR count). The van der Waals surface area contributed by atoms with E-state index in [0.29, 0.717) is 0 Å². The second-order valence-corrected chi connectivity index (χ2v) is 4.52. The highest BCUT2D eigenvalue weighted by molar-refractivity contribution is 7.10. The van der Waals surface area contributed by atoms with Gasteiger partial charge in [0.05, 0.1) is 0 Å². The van der Waals surface area contributed by atoms with Gasteiger partial charge in [-0.3, -0.25) is 4.79 Å². The number of carbonyl (C=O) groups is 1. The molecule has 2 heteroatoms. The maximum absolute atomic E-state index is 10.4. The zero-order chi connectivity index (χ0) is 8.48. The van der Waals surface area contributed by atoms with Gasteiger partial charge < -0.3 is 0 Å². The van der Waals surface area contributed by atoms with Crippen LogP contribution in [0.4, 0.5) is 0 Å². The molecule has 0 aliphatic carbocycles. The molecule has 0 aliphatic rings. The molecule has 0 radical (unpaired) electrons. The molecule has 0 amide bonds. The third-order valence-corrected chi connectivity index (χ3v) is 2.87. The molecule has 1 aromatic heterocycles. The highest BCUT2D eigenvalue weighted by Crippen LogP contribution is 2.27. The Labute approximate surface area is 71.1 Å². The van der Waals surface area contributed by atoms with Crippen LogP contribution in [0.1, 0.15) is 36.0 Å². The van der Waals surface area contributed by atoms with E-state index in [9.17, 15) is 4.79 Å². The van der Waals surface area contributed by atoms with Gasteiger partial charge in [-0.25, -0.2) is 0 Å². The predicted molar refractivity (Wildman–Crippen MR) is 48.4 cm³/mol. The molecule has 0 spiro atoms. The molecule has 60 valence electrons. The lowest BCUT2D eigenvalue weighted by atomic mass is 9.94. The zero-order valence-corrected chi connectivity index (χ0v) is 7.87. The standard InChI is InChI=1S/C9H12OS/c1-9(2,3)8-4-7(5-10)6-11-8/h4-6H,1-3H3. The van der Waals surface area contributed by atoms with Crippen LogP contribution in [-0.4, -0.2) is 6.29 Å². The van der Waals surface area contributed by atoms with Gasteiger partial charge in [0.1, 0.15) is 0 Å². The van der Waals surface area contributed by atoms with Crippen molar-refractivity contribution in [1.29, 1.82) is 0 Å². The molecule has 1 nitrogen and oxygen atoms in total. The van der Waals surface area contributed by atoms with Crippen LogP contribution in [0.2, 0.25) is 0 Å². The summed E-state index contributed by atoms with van der Waals surface area (Å²) in [6.45, 7) is 6.44. The lowest BCUT2D eigenvalue weighted by molar-refractivity contribution is 0.112. The number of thiophene rings is 1. The van der Waals surface area contributed by atoms with Crippen LogP contribution in [-0.2, 0) is 5.41 Å². The molecule has 0 aromatic carbocycles. The smallest absolute Gasteiger partial charge is 0.150 e. The Hall–Kier alpha value is -0.630. The number of rotatable bonds is 1. The first kappa shape index (κ1) is 8.47. The minimum absolute atomic E-state index is 0.173. The number of hydrogen-bond acceptors (Lipinski definition) is 2. The van der Waals surface area contributed by atoms with Crippen molar-refractivity contribution in [1.82, 2.24) is 0 Å². The van der Waals surface area contributed by atoms with Crippen LogP contribution < -0.4 is 0 Å². The fourth-order valence-corrected chi connectivity index (χ4v) is 1.75. The largest absolute Gasteiger partial charge is 0.298 e. The van der Waals surface area contributed by atoms with Crippen LogP contribution >= 0.6 is 11.3 Å². The first-order valence-corrected chi connectivity index (χ1v) is 4.46. The van der Waals surface area contributed by atoms with Gasteiger partial charge in [-0.15, -0.1) is 11.3 Å². The molecule has 0 saturated carbocycles. The third-order valence-electron chi connectivity index (χ3n) is 1.50. The van der Waals surface area contributed by atoms with Gasteiger partial charge in [-0.2, -0.15) is 0 Å². The highest BCUT2D eigenvalue weighted by atomic mass is 32.1. The van der Waals surface area contributed by atoms with Crippen LogP contribution in [0.25, 0.3) is 0 Å². The Morgan fingerprint density at radius 1 is 1.45 bits per heavy atom. The molecule has 0 unspecified atom stereocenters. The number of hydrogen-bond donors (Lipinski definition) is 0. The predicted octanol–water partition coefficient (Wildman–Crippen LogP) is 2.86. The summed E-state index contributed by atoms with van der Waals surface area (Å²) >= 11 is 1.65. The van der Waals surface area contributed by atoms with E-state index in [-0.39, 0.29) is 5.41 Å². The fraction of sp³-hybridized carbons (Fsp3) is 0.444. The first-order valence-electron chi connectivity index (χ1n) is 3.58. The van der Waals surface area contributed by atoms with Gasteiger partial charge in [0.25, 0.3) is 0 Å². The summed E-state index contributed by atoms with van der Waals surface area (Å²) < 4.78 is 0. The maximum Gasteiger partial charge on any atom is 0.150 e. The summed E-state index contributed by atoms with van der Waals surface area (Å²) in [7, 11) is 0. The second-order valence-electron chi connectivity index (χ2n) is 3.61. The molecule has 11 heavy (non-hydrogen) atoms. The van der Waals surface area contributed by atoms with Crippen LogP contribution in [0.3, 0.4) is 0 Å². The van der Waals surface area contributed by atoms with E-state index in [4.69, 9.17) is 0 Å². The van der Waals surface area contributed by atoms with Crippen molar-refractivity contribution in [2.75, 3.05) is 0 Å². The highest BCUT2D eigenvalue weighted by Gasteiger charge is 2.15. The number of carbonyl (C=O) groups excluding carboxylic acids is 1. The molecular formula is C9H12OS. The quantitative estimate of drug-likeness (QED) is 0.589. The summed E-state index contributed by atoms with van der Waals surface area (Å²) in [6.07, 6.45) is 0.895. The maximum atomic E-state index is 10.4. The van der Waals surface area contributed by atoms with Crippen molar-refractivity contribution in [2.45, 2.75) is 26.2 Å². The van der Waals surface area contributed by atoms with Crippen molar-refractivity contribution in [3.63, 3.8) is 0 Å². The van der Waals surface area contributed by atoms with Gasteiger partial charge in [-0.05, 0) is 11.5 Å². The monoisotopic (exact) mass is 168 g/mol. The second kappa shape index (κ2) is 2.78. The van der Waals surface area contributed by atoms with Gasteiger partial charge >= 0.3 is 0 Å². The molecule has 0 fully saturated rings. The average Bonchev–Trinajstić information content (AvgIpc) is 2.32. The SMILES string of the molecule is CC(C)(C)c1cc(C=O)cs1. The van der Waals surface area contributed by atoms with E-state index in [1.165, 1.54) is 4.88 Å². The Morgan fingerprint density at radius 2 is 2.09 bits per heavy atom. The fourth-order valence-electron chi connectivity index (χ4n) is 0.806. The van der Waals surface area contributed by atoms with Crippen molar-refractivity contribution in [2.24, 2.45) is 0 Å². The number of aldehydes is 1. The topological polar surface area (TPSA) is 17.1 Å². The van der Waals surface area contributed by atoms with Gasteiger partial charge in [0.15, 0.2) is 6.29 Å². The lowest BCUT2D eigenvalue weighted by Crippen LogP contribution is -2.07. The molecule has 1 heterocycles. The van der Waals surface area contributed by atoms with Crippen LogP contribution in [0.5, 0.6) is 0 Å². The zero-order valence-electron chi connectivity index (χ0n) is 7.05. The summed E-state index contributed by atoms with van der Waals surface area (Å²) in [5.74, 6) is 0. The molecule has 0 saturated heterocycles.